The molecule has 0 saturated heterocycles. The van der Waals surface area contributed by atoms with Gasteiger partial charge >= 0.3 is 0 Å². The summed E-state index contributed by atoms with van der Waals surface area (Å²) in [6.07, 6.45) is 1.56. The van der Waals surface area contributed by atoms with Crippen molar-refractivity contribution < 1.29 is 13.2 Å². The molecule has 0 bridgehead atoms. The lowest BCUT2D eigenvalue weighted by atomic mass is 10.3. The van der Waals surface area contributed by atoms with E-state index in [1.165, 1.54) is 0 Å². The van der Waals surface area contributed by atoms with Crippen molar-refractivity contribution >= 4 is 15.9 Å². The van der Waals surface area contributed by atoms with Crippen molar-refractivity contribution in [3.8, 4) is 0 Å². The first-order valence-corrected chi connectivity index (χ1v) is 6.51. The Kier molecular flexibility index (Phi) is 6.46. The molecule has 0 spiro atoms. The van der Waals surface area contributed by atoms with Crippen molar-refractivity contribution in [2.24, 2.45) is 11.5 Å². The highest BCUT2D eigenvalue weighted by Crippen LogP contribution is 2.03. The van der Waals surface area contributed by atoms with Crippen molar-refractivity contribution in [3.05, 3.63) is 0 Å². The minimum absolute atomic E-state index is 0.0454. The summed E-state index contributed by atoms with van der Waals surface area (Å²) in [7, 11) is -3.43. The minimum Gasteiger partial charge on any atom is -0.369 e. The van der Waals surface area contributed by atoms with Crippen LogP contribution in [0, 0.1) is 0 Å². The van der Waals surface area contributed by atoms with E-state index in [2.05, 4.69) is 0 Å². The van der Waals surface area contributed by atoms with Crippen molar-refractivity contribution in [2.75, 3.05) is 25.4 Å². The van der Waals surface area contributed by atoms with Gasteiger partial charge in [0.2, 0.25) is 15.9 Å². The molecule has 0 aromatic heterocycles. The molecule has 0 heterocycles. The van der Waals surface area contributed by atoms with Crippen LogP contribution in [0.2, 0.25) is 0 Å². The molecule has 0 aromatic carbocycles. The van der Waals surface area contributed by atoms with Crippen molar-refractivity contribution in [1.82, 2.24) is 4.31 Å². The highest BCUT2D eigenvalue weighted by Gasteiger charge is 2.21. The molecule has 0 saturated carbocycles. The largest absolute Gasteiger partial charge is 0.369 e. The third-order valence-electron chi connectivity index (χ3n) is 1.86. The Morgan fingerprint density at radius 2 is 2.00 bits per heavy atom. The summed E-state index contributed by atoms with van der Waals surface area (Å²) in [5, 5.41) is 0. The molecule has 0 radical (unpaired) electrons. The third-order valence-corrected chi connectivity index (χ3v) is 3.71. The zero-order valence-electron chi connectivity index (χ0n) is 8.98. The van der Waals surface area contributed by atoms with Gasteiger partial charge in [-0.1, -0.05) is 13.3 Å². The molecule has 0 aliphatic carbocycles. The van der Waals surface area contributed by atoms with E-state index in [4.69, 9.17) is 11.5 Å². The van der Waals surface area contributed by atoms with Gasteiger partial charge in [0.1, 0.15) is 0 Å². The molecule has 0 fully saturated rings. The van der Waals surface area contributed by atoms with Crippen LogP contribution >= 0.6 is 0 Å². The van der Waals surface area contributed by atoms with E-state index in [-0.39, 0.29) is 18.8 Å². The number of nitrogens with zero attached hydrogens (tertiary/aromatic N) is 1. The number of carbonyl (C=O) groups excluding carboxylic acids is 1. The van der Waals surface area contributed by atoms with E-state index < -0.39 is 15.9 Å². The van der Waals surface area contributed by atoms with Crippen molar-refractivity contribution in [1.29, 1.82) is 0 Å². The van der Waals surface area contributed by atoms with Gasteiger partial charge in [-0.2, -0.15) is 4.31 Å². The Bertz CT molecular complexity index is 290. The zero-order valence-corrected chi connectivity index (χ0v) is 9.79. The summed E-state index contributed by atoms with van der Waals surface area (Å²) in [6, 6.07) is 0. The van der Waals surface area contributed by atoms with Gasteiger partial charge in [-0.25, -0.2) is 8.42 Å². The van der Waals surface area contributed by atoms with Gasteiger partial charge in [-0.15, -0.1) is 0 Å². The summed E-state index contributed by atoms with van der Waals surface area (Å²) in [5.74, 6) is -0.795. The maximum atomic E-state index is 11.6. The highest BCUT2D eigenvalue weighted by molar-refractivity contribution is 7.89. The van der Waals surface area contributed by atoms with Gasteiger partial charge in [-0.3, -0.25) is 4.79 Å². The van der Waals surface area contributed by atoms with Gasteiger partial charge in [0.15, 0.2) is 0 Å². The fraction of sp³-hybridized carbons (Fsp3) is 0.875. The van der Waals surface area contributed by atoms with Crippen molar-refractivity contribution in [2.45, 2.75) is 19.8 Å². The summed E-state index contributed by atoms with van der Waals surface area (Å²) < 4.78 is 24.3. The second kappa shape index (κ2) is 6.76. The first kappa shape index (κ1) is 14.3. The Morgan fingerprint density at radius 1 is 1.40 bits per heavy atom. The minimum atomic E-state index is -3.43. The molecular formula is C8H19N3O3S. The van der Waals surface area contributed by atoms with E-state index in [9.17, 15) is 13.2 Å². The number of sulfonamides is 1. The lowest BCUT2D eigenvalue weighted by Crippen LogP contribution is -2.41. The Hall–Kier alpha value is -0.660. The summed E-state index contributed by atoms with van der Waals surface area (Å²) in [5.41, 5.74) is 10.2. The maximum absolute atomic E-state index is 11.6. The average molecular weight is 237 g/mol. The molecule has 15 heavy (non-hydrogen) atoms. The highest BCUT2D eigenvalue weighted by atomic mass is 32.2. The monoisotopic (exact) mass is 237 g/mol. The summed E-state index contributed by atoms with van der Waals surface area (Å²) in [4.78, 5) is 10.7. The van der Waals surface area contributed by atoms with Gasteiger partial charge in [0.05, 0.1) is 12.3 Å². The van der Waals surface area contributed by atoms with Gasteiger partial charge < -0.3 is 11.5 Å². The number of hydrogen-bond donors (Lipinski definition) is 2. The van der Waals surface area contributed by atoms with E-state index in [0.29, 0.717) is 13.0 Å². The predicted molar refractivity (Wildman–Crippen MR) is 58.5 cm³/mol. The Balaban J connectivity index is 4.53. The molecule has 7 heteroatoms. The number of unbranched alkanes of at least 4 members (excludes halogenated alkanes) is 1. The van der Waals surface area contributed by atoms with E-state index in [1.54, 1.807) is 0 Å². The van der Waals surface area contributed by atoms with Gasteiger partial charge in [0.25, 0.3) is 0 Å². The van der Waals surface area contributed by atoms with Crippen LogP contribution < -0.4 is 11.5 Å². The topological polar surface area (TPSA) is 106 Å². The molecule has 0 rings (SSSR count). The normalized spacial score (nSPS) is 11.9. The van der Waals surface area contributed by atoms with E-state index >= 15 is 0 Å². The second-order valence-electron chi connectivity index (χ2n) is 3.26. The molecule has 0 aliphatic rings. The molecule has 6 nitrogen and oxygen atoms in total. The molecule has 0 atom stereocenters. The number of primary amides is 1. The number of amides is 1. The van der Waals surface area contributed by atoms with Crippen LogP contribution in [0.3, 0.4) is 0 Å². The third kappa shape index (κ3) is 5.71. The first-order valence-electron chi connectivity index (χ1n) is 4.90. The van der Waals surface area contributed by atoms with Crippen LogP contribution in [0.25, 0.3) is 0 Å². The molecular weight excluding hydrogens is 218 g/mol. The molecule has 0 aromatic rings. The predicted octanol–water partition coefficient (Wildman–Crippen LogP) is -1.14. The van der Waals surface area contributed by atoms with Crippen LogP contribution in [-0.4, -0.2) is 44.0 Å². The maximum Gasteiger partial charge on any atom is 0.232 e. The smallest absolute Gasteiger partial charge is 0.232 e. The standard InChI is InChI=1S/C8H19N3O3S/c1-2-3-5-11(7-8(10)12)15(13,14)6-4-9/h2-7,9H2,1H3,(H2,10,12). The van der Waals surface area contributed by atoms with Gasteiger partial charge in [-0.05, 0) is 6.42 Å². The number of hydrogen-bond acceptors (Lipinski definition) is 4. The number of rotatable bonds is 8. The average Bonchev–Trinajstić information content (AvgIpc) is 2.11. The van der Waals surface area contributed by atoms with Crippen LogP contribution in [-0.2, 0) is 14.8 Å². The SMILES string of the molecule is CCCCN(CC(N)=O)S(=O)(=O)CCN. The van der Waals surface area contributed by atoms with Crippen LogP contribution in [0.5, 0.6) is 0 Å². The fourth-order valence-corrected chi connectivity index (χ4v) is 2.39. The fourth-order valence-electron chi connectivity index (χ4n) is 1.10. The molecule has 1 amide bonds. The molecule has 0 unspecified atom stereocenters. The quantitative estimate of drug-likeness (QED) is 0.556. The second-order valence-corrected chi connectivity index (χ2v) is 5.35. The van der Waals surface area contributed by atoms with E-state index in [0.717, 1.165) is 10.7 Å². The Labute approximate surface area is 90.7 Å². The molecule has 4 N–H and O–H groups in total. The van der Waals surface area contributed by atoms with Crippen LogP contribution in [0.15, 0.2) is 0 Å². The lowest BCUT2D eigenvalue weighted by Gasteiger charge is -2.19. The zero-order chi connectivity index (χ0) is 11.9. The van der Waals surface area contributed by atoms with Crippen molar-refractivity contribution in [3.63, 3.8) is 0 Å². The first-order chi connectivity index (χ1) is 6.94. The summed E-state index contributed by atoms with van der Waals surface area (Å²) >= 11 is 0. The van der Waals surface area contributed by atoms with E-state index in [1.807, 2.05) is 6.92 Å². The molecule has 0 aliphatic heterocycles. The van der Waals surface area contributed by atoms with Crippen LogP contribution in [0.1, 0.15) is 19.8 Å². The number of nitrogens with two attached hydrogens (primary N) is 2. The Morgan fingerprint density at radius 3 is 2.40 bits per heavy atom. The number of carbonyl (C=O) groups is 1. The van der Waals surface area contributed by atoms with Crippen LogP contribution in [0.4, 0.5) is 0 Å². The molecule has 90 valence electrons. The lowest BCUT2D eigenvalue weighted by molar-refractivity contribution is -0.118. The summed E-state index contributed by atoms with van der Waals surface area (Å²) in [6.45, 7) is 2.05. The van der Waals surface area contributed by atoms with Gasteiger partial charge in [0, 0.05) is 13.1 Å².